The fraction of sp³-hybridized carbons (Fsp3) is 0.417. The number of ether oxygens (including phenoxy) is 1. The highest BCUT2D eigenvalue weighted by Crippen LogP contribution is 2.10. The van der Waals surface area contributed by atoms with Gasteiger partial charge in [-0.15, -0.1) is 0 Å². The van der Waals surface area contributed by atoms with E-state index in [0.29, 0.717) is 5.11 Å². The van der Waals surface area contributed by atoms with Crippen LogP contribution in [0, 0.1) is 0 Å². The quantitative estimate of drug-likeness (QED) is 0.769. The van der Waals surface area contributed by atoms with E-state index in [2.05, 4.69) is 17.6 Å². The molecule has 88 valence electrons. The van der Waals surface area contributed by atoms with Crippen LogP contribution in [0.1, 0.15) is 18.9 Å². The van der Waals surface area contributed by atoms with Crippen molar-refractivity contribution in [3.05, 3.63) is 29.8 Å². The summed E-state index contributed by atoms with van der Waals surface area (Å²) in [5.41, 5.74) is 1.18. The summed E-state index contributed by atoms with van der Waals surface area (Å²) in [7, 11) is 1.66. The number of hydrogen-bond donors (Lipinski definition) is 2. The summed E-state index contributed by atoms with van der Waals surface area (Å²) >= 11 is 5.12. The number of rotatable bonds is 5. The zero-order chi connectivity index (χ0) is 11.8. The van der Waals surface area contributed by atoms with Crippen molar-refractivity contribution in [2.75, 3.05) is 13.7 Å². The maximum Gasteiger partial charge on any atom is 0.166 e. The summed E-state index contributed by atoms with van der Waals surface area (Å²) in [6.07, 6.45) is 1.07. The van der Waals surface area contributed by atoms with Gasteiger partial charge in [0.25, 0.3) is 0 Å². The second-order valence-corrected chi connectivity index (χ2v) is 3.87. The molecule has 16 heavy (non-hydrogen) atoms. The van der Waals surface area contributed by atoms with Crippen LogP contribution in [0.25, 0.3) is 0 Å². The predicted molar refractivity (Wildman–Crippen MR) is 70.7 cm³/mol. The van der Waals surface area contributed by atoms with Gasteiger partial charge in [0.05, 0.1) is 7.11 Å². The Balaban J connectivity index is 2.33. The van der Waals surface area contributed by atoms with Crippen LogP contribution in [-0.4, -0.2) is 18.8 Å². The monoisotopic (exact) mass is 238 g/mol. The topological polar surface area (TPSA) is 33.3 Å². The second kappa shape index (κ2) is 7.06. The molecule has 4 heteroatoms. The van der Waals surface area contributed by atoms with Crippen molar-refractivity contribution in [3.8, 4) is 5.75 Å². The predicted octanol–water partition coefficient (Wildman–Crippen LogP) is 2.07. The SMILES string of the molecule is CCCNC(=S)NCc1ccc(OC)cc1. The van der Waals surface area contributed by atoms with E-state index in [1.165, 1.54) is 5.56 Å². The van der Waals surface area contributed by atoms with Gasteiger partial charge in [-0.2, -0.15) is 0 Å². The minimum absolute atomic E-state index is 0.706. The van der Waals surface area contributed by atoms with Gasteiger partial charge < -0.3 is 15.4 Å². The van der Waals surface area contributed by atoms with Crippen molar-refractivity contribution in [1.29, 1.82) is 0 Å². The molecule has 3 nitrogen and oxygen atoms in total. The van der Waals surface area contributed by atoms with E-state index in [1.54, 1.807) is 7.11 Å². The maximum atomic E-state index is 5.12. The summed E-state index contributed by atoms with van der Waals surface area (Å²) in [6.45, 7) is 3.76. The normalized spacial score (nSPS) is 9.62. The van der Waals surface area contributed by atoms with Crippen molar-refractivity contribution in [2.45, 2.75) is 19.9 Å². The van der Waals surface area contributed by atoms with Crippen molar-refractivity contribution < 1.29 is 4.74 Å². The molecule has 0 amide bonds. The van der Waals surface area contributed by atoms with Crippen LogP contribution in [0.4, 0.5) is 0 Å². The maximum absolute atomic E-state index is 5.12. The van der Waals surface area contributed by atoms with E-state index in [-0.39, 0.29) is 0 Å². The minimum atomic E-state index is 0.706. The van der Waals surface area contributed by atoms with Crippen LogP contribution < -0.4 is 15.4 Å². The number of benzene rings is 1. The third-order valence-corrected chi connectivity index (χ3v) is 2.44. The first kappa shape index (κ1) is 12.8. The summed E-state index contributed by atoms with van der Waals surface area (Å²) in [5, 5.41) is 6.98. The van der Waals surface area contributed by atoms with Crippen molar-refractivity contribution >= 4 is 17.3 Å². The Kier molecular flexibility index (Phi) is 5.64. The fourth-order valence-corrected chi connectivity index (χ4v) is 1.40. The van der Waals surface area contributed by atoms with Gasteiger partial charge in [-0.1, -0.05) is 19.1 Å². The van der Waals surface area contributed by atoms with Gasteiger partial charge in [0, 0.05) is 13.1 Å². The molecule has 0 spiro atoms. The molecule has 1 aromatic carbocycles. The summed E-state index contributed by atoms with van der Waals surface area (Å²) < 4.78 is 5.09. The van der Waals surface area contributed by atoms with E-state index in [0.717, 1.165) is 25.3 Å². The third-order valence-electron chi connectivity index (χ3n) is 2.15. The molecule has 0 aliphatic carbocycles. The molecule has 0 bridgehead atoms. The fourth-order valence-electron chi connectivity index (χ4n) is 1.23. The lowest BCUT2D eigenvalue weighted by Gasteiger charge is -2.09. The number of thiocarbonyl (C=S) groups is 1. The Morgan fingerprint density at radius 3 is 2.50 bits per heavy atom. The summed E-state index contributed by atoms with van der Waals surface area (Å²) in [5.74, 6) is 0.871. The highest BCUT2D eigenvalue weighted by molar-refractivity contribution is 7.80. The third kappa shape index (κ3) is 4.49. The van der Waals surface area contributed by atoms with Gasteiger partial charge in [0.2, 0.25) is 0 Å². The first-order chi connectivity index (χ1) is 7.76. The van der Waals surface area contributed by atoms with Gasteiger partial charge >= 0.3 is 0 Å². The average molecular weight is 238 g/mol. The summed E-state index contributed by atoms with van der Waals surface area (Å²) in [6, 6.07) is 7.93. The molecule has 0 radical (unpaired) electrons. The molecule has 0 saturated heterocycles. The second-order valence-electron chi connectivity index (χ2n) is 3.46. The van der Waals surface area contributed by atoms with Crippen LogP contribution in [0.2, 0.25) is 0 Å². The van der Waals surface area contributed by atoms with E-state index in [1.807, 2.05) is 24.3 Å². The number of hydrogen-bond acceptors (Lipinski definition) is 2. The molecule has 0 aromatic heterocycles. The molecule has 0 atom stereocenters. The van der Waals surface area contributed by atoms with Crippen LogP contribution in [0.3, 0.4) is 0 Å². The van der Waals surface area contributed by atoms with E-state index in [4.69, 9.17) is 17.0 Å². The van der Waals surface area contributed by atoms with Crippen LogP contribution in [0.15, 0.2) is 24.3 Å². The Labute approximate surface area is 102 Å². The van der Waals surface area contributed by atoms with Gasteiger partial charge in [-0.25, -0.2) is 0 Å². The molecule has 0 aliphatic heterocycles. The first-order valence-corrected chi connectivity index (χ1v) is 5.81. The lowest BCUT2D eigenvalue weighted by atomic mass is 10.2. The van der Waals surface area contributed by atoms with Crippen LogP contribution in [0.5, 0.6) is 5.75 Å². The zero-order valence-electron chi connectivity index (χ0n) is 9.75. The standard InChI is InChI=1S/C12H18N2OS/c1-3-8-13-12(16)14-9-10-4-6-11(15-2)7-5-10/h4-7H,3,8-9H2,1-2H3,(H2,13,14,16). The average Bonchev–Trinajstić information content (AvgIpc) is 2.34. The largest absolute Gasteiger partial charge is 0.497 e. The van der Waals surface area contributed by atoms with Crippen LogP contribution >= 0.6 is 12.2 Å². The molecule has 0 unspecified atom stereocenters. The van der Waals surface area contributed by atoms with Crippen LogP contribution in [-0.2, 0) is 6.54 Å². The minimum Gasteiger partial charge on any atom is -0.497 e. The Bertz CT molecular complexity index is 324. The molecule has 0 saturated carbocycles. The van der Waals surface area contributed by atoms with Crippen molar-refractivity contribution in [1.82, 2.24) is 10.6 Å². The Morgan fingerprint density at radius 1 is 1.25 bits per heavy atom. The first-order valence-electron chi connectivity index (χ1n) is 5.41. The lowest BCUT2D eigenvalue weighted by Crippen LogP contribution is -2.35. The molecule has 1 aromatic rings. The molecular weight excluding hydrogens is 220 g/mol. The van der Waals surface area contributed by atoms with E-state index < -0.39 is 0 Å². The van der Waals surface area contributed by atoms with Gasteiger partial charge in [0.1, 0.15) is 5.75 Å². The van der Waals surface area contributed by atoms with Gasteiger partial charge in [-0.3, -0.25) is 0 Å². The Morgan fingerprint density at radius 2 is 1.94 bits per heavy atom. The molecule has 0 fully saturated rings. The highest BCUT2D eigenvalue weighted by Gasteiger charge is 1.96. The zero-order valence-corrected chi connectivity index (χ0v) is 10.6. The van der Waals surface area contributed by atoms with Crippen molar-refractivity contribution in [2.24, 2.45) is 0 Å². The smallest absolute Gasteiger partial charge is 0.166 e. The summed E-state index contributed by atoms with van der Waals surface area (Å²) in [4.78, 5) is 0. The van der Waals surface area contributed by atoms with Crippen molar-refractivity contribution in [3.63, 3.8) is 0 Å². The van der Waals surface area contributed by atoms with E-state index in [9.17, 15) is 0 Å². The number of nitrogens with one attached hydrogen (secondary N) is 2. The van der Waals surface area contributed by atoms with E-state index >= 15 is 0 Å². The lowest BCUT2D eigenvalue weighted by molar-refractivity contribution is 0.414. The molecule has 1 rings (SSSR count). The molecular formula is C12H18N2OS. The molecule has 0 heterocycles. The molecule has 2 N–H and O–H groups in total. The van der Waals surface area contributed by atoms with Gasteiger partial charge in [0.15, 0.2) is 5.11 Å². The van der Waals surface area contributed by atoms with Gasteiger partial charge in [-0.05, 0) is 36.3 Å². The molecule has 0 aliphatic rings. The highest BCUT2D eigenvalue weighted by atomic mass is 32.1. The Hall–Kier alpha value is -1.29. The number of methoxy groups -OCH3 is 1.